The van der Waals surface area contributed by atoms with Gasteiger partial charge in [-0.3, -0.25) is 4.79 Å². The molecule has 0 aliphatic rings. The molecule has 0 bridgehead atoms. The standard InChI is InChI=1S/C17H22O2/c1-5-12-17(4,16(18)19-6-2)14(3)13-15-10-8-7-9-11-15/h5,7-11,13H,1,6,12H2,2-4H3/b14-13-. The van der Waals surface area contributed by atoms with E-state index in [-0.39, 0.29) is 5.97 Å². The molecular weight excluding hydrogens is 236 g/mol. The first kappa shape index (κ1) is 15.2. The van der Waals surface area contributed by atoms with Crippen LogP contribution in [0, 0.1) is 5.41 Å². The second kappa shape index (κ2) is 6.93. The van der Waals surface area contributed by atoms with E-state index in [1.54, 1.807) is 6.08 Å². The van der Waals surface area contributed by atoms with Crippen LogP contribution in [0.5, 0.6) is 0 Å². The molecule has 1 aromatic carbocycles. The molecule has 0 spiro atoms. The van der Waals surface area contributed by atoms with E-state index in [2.05, 4.69) is 6.58 Å². The molecule has 0 radical (unpaired) electrons. The van der Waals surface area contributed by atoms with E-state index in [1.165, 1.54) is 0 Å². The van der Waals surface area contributed by atoms with Gasteiger partial charge in [0, 0.05) is 0 Å². The van der Waals surface area contributed by atoms with E-state index in [1.807, 2.05) is 57.2 Å². The van der Waals surface area contributed by atoms with Gasteiger partial charge < -0.3 is 4.74 Å². The van der Waals surface area contributed by atoms with E-state index >= 15 is 0 Å². The Bertz CT molecular complexity index is 459. The number of hydrogen-bond donors (Lipinski definition) is 0. The molecule has 0 heterocycles. The van der Waals surface area contributed by atoms with Gasteiger partial charge in [-0.2, -0.15) is 0 Å². The fraction of sp³-hybridized carbons (Fsp3) is 0.353. The van der Waals surface area contributed by atoms with Crippen LogP contribution < -0.4 is 0 Å². The first-order chi connectivity index (χ1) is 9.04. The van der Waals surface area contributed by atoms with Crippen LogP contribution >= 0.6 is 0 Å². The highest BCUT2D eigenvalue weighted by molar-refractivity contribution is 5.82. The van der Waals surface area contributed by atoms with E-state index < -0.39 is 5.41 Å². The van der Waals surface area contributed by atoms with Crippen LogP contribution in [-0.4, -0.2) is 12.6 Å². The largest absolute Gasteiger partial charge is 0.465 e. The molecule has 2 nitrogen and oxygen atoms in total. The third-order valence-corrected chi connectivity index (χ3v) is 3.33. The van der Waals surface area contributed by atoms with Crippen LogP contribution in [0.2, 0.25) is 0 Å². The maximum absolute atomic E-state index is 12.2. The third-order valence-electron chi connectivity index (χ3n) is 3.33. The fourth-order valence-electron chi connectivity index (χ4n) is 1.94. The number of allylic oxidation sites excluding steroid dienone is 1. The van der Waals surface area contributed by atoms with Crippen molar-refractivity contribution in [1.29, 1.82) is 0 Å². The summed E-state index contributed by atoms with van der Waals surface area (Å²) in [4.78, 5) is 12.2. The van der Waals surface area contributed by atoms with Crippen LogP contribution in [-0.2, 0) is 9.53 Å². The number of rotatable bonds is 6. The molecular formula is C17H22O2. The van der Waals surface area contributed by atoms with E-state index in [0.29, 0.717) is 13.0 Å². The van der Waals surface area contributed by atoms with Crippen molar-refractivity contribution in [3.05, 3.63) is 54.1 Å². The Morgan fingerprint density at radius 2 is 2.00 bits per heavy atom. The molecule has 19 heavy (non-hydrogen) atoms. The van der Waals surface area contributed by atoms with E-state index in [9.17, 15) is 4.79 Å². The van der Waals surface area contributed by atoms with Crippen molar-refractivity contribution in [2.45, 2.75) is 27.2 Å². The molecule has 0 amide bonds. The minimum atomic E-state index is -0.645. The zero-order chi connectivity index (χ0) is 14.3. The van der Waals surface area contributed by atoms with Gasteiger partial charge in [0.15, 0.2) is 0 Å². The smallest absolute Gasteiger partial charge is 0.316 e. The van der Waals surface area contributed by atoms with Crippen LogP contribution in [0.4, 0.5) is 0 Å². The van der Waals surface area contributed by atoms with Crippen molar-refractivity contribution >= 4 is 12.0 Å². The summed E-state index contributed by atoms with van der Waals surface area (Å²) < 4.78 is 5.19. The predicted octanol–water partition coefficient (Wildman–Crippen LogP) is 4.24. The second-order valence-corrected chi connectivity index (χ2v) is 4.78. The van der Waals surface area contributed by atoms with Gasteiger partial charge in [-0.1, -0.05) is 48.1 Å². The van der Waals surface area contributed by atoms with Crippen molar-refractivity contribution < 1.29 is 9.53 Å². The normalized spacial score (nSPS) is 14.6. The van der Waals surface area contributed by atoms with Crippen molar-refractivity contribution in [2.24, 2.45) is 5.41 Å². The molecule has 0 aliphatic carbocycles. The summed E-state index contributed by atoms with van der Waals surface area (Å²) >= 11 is 0. The number of carbonyl (C=O) groups excluding carboxylic acids is 1. The third kappa shape index (κ3) is 3.82. The number of carbonyl (C=O) groups is 1. The Hall–Kier alpha value is -1.83. The van der Waals surface area contributed by atoms with Crippen LogP contribution in [0.1, 0.15) is 32.8 Å². The number of benzene rings is 1. The number of hydrogen-bond acceptors (Lipinski definition) is 2. The quantitative estimate of drug-likeness (QED) is 0.563. The molecule has 0 saturated heterocycles. The summed E-state index contributed by atoms with van der Waals surface area (Å²) in [6, 6.07) is 9.97. The molecule has 102 valence electrons. The van der Waals surface area contributed by atoms with Crippen molar-refractivity contribution in [2.75, 3.05) is 6.61 Å². The Morgan fingerprint density at radius 1 is 1.37 bits per heavy atom. The van der Waals surface area contributed by atoms with Gasteiger partial charge in [-0.25, -0.2) is 0 Å². The minimum absolute atomic E-state index is 0.195. The molecule has 2 heteroatoms. The monoisotopic (exact) mass is 258 g/mol. The van der Waals surface area contributed by atoms with Gasteiger partial charge in [-0.15, -0.1) is 6.58 Å². The minimum Gasteiger partial charge on any atom is -0.465 e. The van der Waals surface area contributed by atoms with Crippen molar-refractivity contribution in [1.82, 2.24) is 0 Å². The molecule has 0 aliphatic heterocycles. The lowest BCUT2D eigenvalue weighted by Crippen LogP contribution is -2.30. The summed E-state index contributed by atoms with van der Waals surface area (Å²) in [6.07, 6.45) is 4.36. The lowest BCUT2D eigenvalue weighted by molar-refractivity contribution is -0.151. The second-order valence-electron chi connectivity index (χ2n) is 4.78. The average molecular weight is 258 g/mol. The van der Waals surface area contributed by atoms with Gasteiger partial charge in [0.1, 0.15) is 0 Å². The van der Waals surface area contributed by atoms with Gasteiger partial charge in [0.25, 0.3) is 0 Å². The SMILES string of the molecule is C=CCC(C)(C(=O)OCC)/C(C)=C\c1ccccc1. The highest BCUT2D eigenvalue weighted by Gasteiger charge is 2.35. The Labute approximate surface area is 115 Å². The van der Waals surface area contributed by atoms with Crippen molar-refractivity contribution in [3.63, 3.8) is 0 Å². The lowest BCUT2D eigenvalue weighted by atomic mass is 9.79. The van der Waals surface area contributed by atoms with Crippen LogP contribution in [0.25, 0.3) is 6.08 Å². The van der Waals surface area contributed by atoms with E-state index in [4.69, 9.17) is 4.74 Å². The zero-order valence-electron chi connectivity index (χ0n) is 12.0. The first-order valence-electron chi connectivity index (χ1n) is 6.56. The summed E-state index contributed by atoms with van der Waals surface area (Å²) in [5.74, 6) is -0.195. The van der Waals surface area contributed by atoms with Gasteiger partial charge in [-0.05, 0) is 32.8 Å². The molecule has 0 fully saturated rings. The summed E-state index contributed by atoms with van der Waals surface area (Å²) in [5.41, 5.74) is 1.42. The summed E-state index contributed by atoms with van der Waals surface area (Å²) in [6.45, 7) is 9.83. The topological polar surface area (TPSA) is 26.3 Å². The number of ether oxygens (including phenoxy) is 1. The first-order valence-corrected chi connectivity index (χ1v) is 6.56. The fourth-order valence-corrected chi connectivity index (χ4v) is 1.94. The Kier molecular flexibility index (Phi) is 5.56. The molecule has 1 aromatic rings. The lowest BCUT2D eigenvalue weighted by Gasteiger charge is -2.27. The highest BCUT2D eigenvalue weighted by atomic mass is 16.5. The highest BCUT2D eigenvalue weighted by Crippen LogP contribution is 2.34. The molecule has 0 aromatic heterocycles. The Balaban J connectivity index is 3.07. The summed E-state index contributed by atoms with van der Waals surface area (Å²) in [7, 11) is 0. The molecule has 1 rings (SSSR count). The molecule has 0 N–H and O–H groups in total. The Morgan fingerprint density at radius 3 is 2.53 bits per heavy atom. The molecule has 1 atom stereocenters. The molecule has 0 saturated carbocycles. The zero-order valence-corrected chi connectivity index (χ0v) is 12.0. The molecule has 1 unspecified atom stereocenters. The van der Waals surface area contributed by atoms with E-state index in [0.717, 1.165) is 11.1 Å². The van der Waals surface area contributed by atoms with Crippen LogP contribution in [0.15, 0.2) is 48.6 Å². The predicted molar refractivity (Wildman–Crippen MR) is 79.6 cm³/mol. The van der Waals surface area contributed by atoms with Gasteiger partial charge in [0.05, 0.1) is 12.0 Å². The summed E-state index contributed by atoms with van der Waals surface area (Å²) in [5, 5.41) is 0. The van der Waals surface area contributed by atoms with Crippen LogP contribution in [0.3, 0.4) is 0 Å². The van der Waals surface area contributed by atoms with Gasteiger partial charge in [0.2, 0.25) is 0 Å². The average Bonchev–Trinajstić information content (AvgIpc) is 2.40. The maximum atomic E-state index is 12.2. The van der Waals surface area contributed by atoms with Crippen molar-refractivity contribution in [3.8, 4) is 0 Å². The maximum Gasteiger partial charge on any atom is 0.316 e. The number of esters is 1. The van der Waals surface area contributed by atoms with Gasteiger partial charge >= 0.3 is 5.97 Å².